The van der Waals surface area contributed by atoms with Gasteiger partial charge in [-0.1, -0.05) is 60.7 Å². The van der Waals surface area contributed by atoms with Gasteiger partial charge in [0.05, 0.1) is 18.2 Å². The maximum atomic E-state index is 12.6. The molecule has 0 saturated carbocycles. The van der Waals surface area contributed by atoms with Crippen LogP contribution in [0.25, 0.3) is 11.1 Å². The third-order valence-corrected chi connectivity index (χ3v) is 6.30. The second kappa shape index (κ2) is 10.4. The molecule has 5 heteroatoms. The maximum Gasteiger partial charge on any atom is 0.238 e. The molecule has 0 spiro atoms. The minimum absolute atomic E-state index is 0.0501. The summed E-state index contributed by atoms with van der Waals surface area (Å²) in [5.74, 6) is 0.0501. The zero-order valence-corrected chi connectivity index (χ0v) is 19.3. The standard InChI is InChI=1S/C28H30N4O/c1-21-6-5-7-22(2)28(21)30-27(33)20-32-16-14-31(15-17-32)19-23-10-12-24(13-11-23)26-9-4-3-8-25(26)18-29/h3-13H,14-17,19-20H2,1-2H3,(H,30,33). The summed E-state index contributed by atoms with van der Waals surface area (Å²) in [5, 5.41) is 12.4. The Morgan fingerprint density at radius 2 is 1.52 bits per heavy atom. The number of para-hydroxylation sites is 1. The number of hydrogen-bond donors (Lipinski definition) is 1. The molecule has 1 heterocycles. The van der Waals surface area contributed by atoms with Crippen molar-refractivity contribution in [3.05, 3.63) is 89.0 Å². The Kier molecular flexibility index (Phi) is 7.19. The van der Waals surface area contributed by atoms with Crippen molar-refractivity contribution in [2.45, 2.75) is 20.4 Å². The SMILES string of the molecule is Cc1cccc(C)c1NC(=O)CN1CCN(Cc2ccc(-c3ccccc3C#N)cc2)CC1. The van der Waals surface area contributed by atoms with Crippen LogP contribution in [0.1, 0.15) is 22.3 Å². The normalized spacial score (nSPS) is 14.6. The van der Waals surface area contributed by atoms with Gasteiger partial charge < -0.3 is 5.32 Å². The average molecular weight is 439 g/mol. The molecule has 0 radical (unpaired) electrons. The molecule has 168 valence electrons. The summed E-state index contributed by atoms with van der Waals surface area (Å²) in [4.78, 5) is 17.2. The Labute approximate surface area is 196 Å². The van der Waals surface area contributed by atoms with Gasteiger partial charge in [-0.15, -0.1) is 0 Å². The number of piperazine rings is 1. The van der Waals surface area contributed by atoms with Crippen LogP contribution in [-0.2, 0) is 11.3 Å². The smallest absolute Gasteiger partial charge is 0.238 e. The summed E-state index contributed by atoms with van der Waals surface area (Å²) in [7, 11) is 0. The van der Waals surface area contributed by atoms with Crippen LogP contribution in [0.2, 0.25) is 0 Å². The summed E-state index contributed by atoms with van der Waals surface area (Å²) >= 11 is 0. The first-order valence-electron chi connectivity index (χ1n) is 11.4. The second-order valence-corrected chi connectivity index (χ2v) is 8.72. The number of anilines is 1. The van der Waals surface area contributed by atoms with E-state index >= 15 is 0 Å². The largest absolute Gasteiger partial charge is 0.324 e. The predicted octanol–water partition coefficient (Wildman–Crippen LogP) is 4.60. The van der Waals surface area contributed by atoms with E-state index in [-0.39, 0.29) is 5.91 Å². The van der Waals surface area contributed by atoms with Gasteiger partial charge in [-0.2, -0.15) is 5.26 Å². The molecule has 1 N–H and O–H groups in total. The van der Waals surface area contributed by atoms with E-state index in [9.17, 15) is 10.1 Å². The molecule has 1 aliphatic rings. The highest BCUT2D eigenvalue weighted by molar-refractivity contribution is 5.93. The molecule has 0 bridgehead atoms. The van der Waals surface area contributed by atoms with Crippen LogP contribution in [0, 0.1) is 25.2 Å². The molecule has 3 aromatic carbocycles. The van der Waals surface area contributed by atoms with Crippen LogP contribution >= 0.6 is 0 Å². The Morgan fingerprint density at radius 3 is 2.18 bits per heavy atom. The molecule has 1 amide bonds. The molecular weight excluding hydrogens is 408 g/mol. The van der Waals surface area contributed by atoms with Crippen molar-refractivity contribution in [1.82, 2.24) is 9.80 Å². The van der Waals surface area contributed by atoms with E-state index in [1.54, 1.807) is 0 Å². The summed E-state index contributed by atoms with van der Waals surface area (Å²) < 4.78 is 0. The van der Waals surface area contributed by atoms with E-state index in [1.807, 2.05) is 56.3 Å². The number of nitriles is 1. The lowest BCUT2D eigenvalue weighted by atomic mass is 9.99. The van der Waals surface area contributed by atoms with E-state index in [2.05, 4.69) is 45.5 Å². The zero-order valence-electron chi connectivity index (χ0n) is 19.3. The van der Waals surface area contributed by atoms with Gasteiger partial charge in [0.15, 0.2) is 0 Å². The van der Waals surface area contributed by atoms with Gasteiger partial charge in [0, 0.05) is 38.4 Å². The van der Waals surface area contributed by atoms with Crippen molar-refractivity contribution in [3.63, 3.8) is 0 Å². The highest BCUT2D eigenvalue weighted by atomic mass is 16.2. The van der Waals surface area contributed by atoms with Crippen LogP contribution in [0.4, 0.5) is 5.69 Å². The molecule has 1 aliphatic heterocycles. The molecule has 0 aliphatic carbocycles. The van der Waals surface area contributed by atoms with Gasteiger partial charge in [0.25, 0.3) is 0 Å². The predicted molar refractivity (Wildman–Crippen MR) is 133 cm³/mol. The topological polar surface area (TPSA) is 59.4 Å². The maximum absolute atomic E-state index is 12.6. The number of carbonyl (C=O) groups excluding carboxylic acids is 1. The Morgan fingerprint density at radius 1 is 0.879 bits per heavy atom. The van der Waals surface area contributed by atoms with Crippen LogP contribution in [0.5, 0.6) is 0 Å². The molecule has 3 aromatic rings. The van der Waals surface area contributed by atoms with Crippen LogP contribution in [0.3, 0.4) is 0 Å². The van der Waals surface area contributed by atoms with Crippen LogP contribution in [0.15, 0.2) is 66.7 Å². The molecule has 5 nitrogen and oxygen atoms in total. The first-order valence-corrected chi connectivity index (χ1v) is 11.4. The van der Waals surface area contributed by atoms with E-state index in [0.717, 1.165) is 60.7 Å². The summed E-state index contributed by atoms with van der Waals surface area (Å²) in [6.07, 6.45) is 0. The molecule has 4 rings (SSSR count). The average Bonchev–Trinajstić information content (AvgIpc) is 2.83. The number of nitrogens with one attached hydrogen (secondary N) is 1. The van der Waals surface area contributed by atoms with E-state index in [0.29, 0.717) is 12.1 Å². The number of rotatable bonds is 6. The second-order valence-electron chi connectivity index (χ2n) is 8.72. The quantitative estimate of drug-likeness (QED) is 0.611. The van der Waals surface area contributed by atoms with Crippen molar-refractivity contribution in [1.29, 1.82) is 5.26 Å². The molecule has 1 fully saturated rings. The summed E-state index contributed by atoms with van der Waals surface area (Å²) in [6, 6.07) is 24.5. The Hall–Kier alpha value is -3.46. The zero-order chi connectivity index (χ0) is 23.2. The molecular formula is C28H30N4O. The highest BCUT2D eigenvalue weighted by Crippen LogP contribution is 2.24. The number of benzene rings is 3. The van der Waals surface area contributed by atoms with Gasteiger partial charge in [0.1, 0.15) is 0 Å². The molecule has 0 atom stereocenters. The number of amides is 1. The van der Waals surface area contributed by atoms with Crippen molar-refractivity contribution >= 4 is 11.6 Å². The first-order chi connectivity index (χ1) is 16.0. The minimum atomic E-state index is 0.0501. The Balaban J connectivity index is 1.27. The van der Waals surface area contributed by atoms with E-state index < -0.39 is 0 Å². The van der Waals surface area contributed by atoms with Gasteiger partial charge in [-0.05, 0) is 47.7 Å². The lowest BCUT2D eigenvalue weighted by molar-refractivity contribution is -0.117. The van der Waals surface area contributed by atoms with Crippen molar-refractivity contribution in [2.75, 3.05) is 38.0 Å². The number of nitrogens with zero attached hydrogens (tertiary/aromatic N) is 3. The number of hydrogen-bond acceptors (Lipinski definition) is 4. The van der Waals surface area contributed by atoms with Crippen LogP contribution < -0.4 is 5.32 Å². The summed E-state index contributed by atoms with van der Waals surface area (Å²) in [5.41, 5.74) is 7.11. The molecule has 33 heavy (non-hydrogen) atoms. The van der Waals surface area contributed by atoms with Crippen LogP contribution in [-0.4, -0.2) is 48.4 Å². The Bertz CT molecular complexity index is 1140. The lowest BCUT2D eigenvalue weighted by Gasteiger charge is -2.34. The monoisotopic (exact) mass is 438 g/mol. The van der Waals surface area contributed by atoms with Crippen molar-refractivity contribution in [3.8, 4) is 17.2 Å². The van der Waals surface area contributed by atoms with E-state index in [1.165, 1.54) is 5.56 Å². The third-order valence-electron chi connectivity index (χ3n) is 6.30. The highest BCUT2D eigenvalue weighted by Gasteiger charge is 2.19. The lowest BCUT2D eigenvalue weighted by Crippen LogP contribution is -2.48. The molecule has 0 unspecified atom stereocenters. The minimum Gasteiger partial charge on any atom is -0.324 e. The fraction of sp³-hybridized carbons (Fsp3) is 0.286. The molecule has 1 saturated heterocycles. The van der Waals surface area contributed by atoms with Crippen molar-refractivity contribution in [2.24, 2.45) is 0 Å². The fourth-order valence-electron chi connectivity index (χ4n) is 4.38. The summed E-state index contributed by atoms with van der Waals surface area (Å²) in [6.45, 7) is 9.01. The fourth-order valence-corrected chi connectivity index (χ4v) is 4.38. The molecule has 0 aromatic heterocycles. The third kappa shape index (κ3) is 5.67. The van der Waals surface area contributed by atoms with E-state index in [4.69, 9.17) is 0 Å². The first kappa shape index (κ1) is 22.7. The number of aryl methyl sites for hydroxylation is 2. The van der Waals surface area contributed by atoms with Gasteiger partial charge in [-0.25, -0.2) is 0 Å². The van der Waals surface area contributed by atoms with Gasteiger partial charge in [0.2, 0.25) is 5.91 Å². The van der Waals surface area contributed by atoms with Gasteiger partial charge >= 0.3 is 0 Å². The van der Waals surface area contributed by atoms with Gasteiger partial charge in [-0.3, -0.25) is 14.6 Å². The van der Waals surface area contributed by atoms with Crippen molar-refractivity contribution < 1.29 is 4.79 Å². The number of carbonyl (C=O) groups is 1.